The van der Waals surface area contributed by atoms with E-state index in [2.05, 4.69) is 24.2 Å². The maximum absolute atomic E-state index is 9.13. The van der Waals surface area contributed by atoms with E-state index in [4.69, 9.17) is 38.4 Å². The second kappa shape index (κ2) is 19.4. The van der Waals surface area contributed by atoms with Gasteiger partial charge in [-0.2, -0.15) is 6.07 Å². The van der Waals surface area contributed by atoms with Crippen LogP contribution in [0.4, 0.5) is 22.7 Å². The first-order chi connectivity index (χ1) is 40.1. The quantitative estimate of drug-likeness (QED) is 0.101. The molecular weight excluding hydrogens is 1090 g/mol. The second-order valence-corrected chi connectivity index (χ2v) is 17.3. The topological polar surface area (TPSA) is 71.7 Å². The molecule has 0 atom stereocenters. The van der Waals surface area contributed by atoms with E-state index >= 15 is 0 Å². The van der Waals surface area contributed by atoms with E-state index in [1.54, 1.807) is 63.9 Å². The minimum Gasteiger partial charge on any atom is -0.508 e. The van der Waals surface area contributed by atoms with Gasteiger partial charge in [-0.15, -0.1) is 23.6 Å². The molecule has 0 amide bonds. The van der Waals surface area contributed by atoms with Gasteiger partial charge in [-0.25, -0.2) is 19.9 Å². The summed E-state index contributed by atoms with van der Waals surface area (Å²) in [6.07, 6.45) is 1.74. The summed E-state index contributed by atoms with van der Waals surface area (Å²) in [4.78, 5) is 20.1. The van der Waals surface area contributed by atoms with Crippen molar-refractivity contribution >= 4 is 50.6 Å². The van der Waals surface area contributed by atoms with Gasteiger partial charge < -0.3 is 9.30 Å². The predicted molar refractivity (Wildman–Crippen MR) is 294 cm³/mol. The molecule has 8 nitrogen and oxygen atoms in total. The van der Waals surface area contributed by atoms with Crippen LogP contribution in [-0.4, -0.2) is 30.5 Å². The molecule has 1 aliphatic heterocycles. The van der Waals surface area contributed by atoms with Crippen molar-refractivity contribution in [3.63, 3.8) is 0 Å². The SMILES string of the molecule is [2H]c1c([2H])c([2H])c(-c2cccc(-c3c([2H])c([2H])c([2H])c([2H])c3[2H])c2[N+]2=C=[N+](c3[c-]c(Oc4[c-]c5c(cc4-c4nc(-c6ccc(C)cc6)nc(-c6ccc(C)cc6)n4)c4ccccc4n5-c4ccccn4)ccc3)c3ccccc32)c([2H])c1[2H].[Pt+2]. The number of nitrogens with zero attached hydrogens (tertiary/aromatic N) is 7. The van der Waals surface area contributed by atoms with Crippen LogP contribution in [0.1, 0.15) is 24.8 Å². The summed E-state index contributed by atoms with van der Waals surface area (Å²) in [6.45, 7) is 4.04. The van der Waals surface area contributed by atoms with Crippen LogP contribution < -0.4 is 13.9 Å². The minimum absolute atomic E-state index is 0. The third-order valence-corrected chi connectivity index (χ3v) is 12.6. The van der Waals surface area contributed by atoms with E-state index in [1.807, 2.05) is 122 Å². The fourth-order valence-corrected chi connectivity index (χ4v) is 9.15. The fourth-order valence-electron chi connectivity index (χ4n) is 9.15. The van der Waals surface area contributed by atoms with Gasteiger partial charge in [0.05, 0.1) is 24.8 Å². The number of pyridine rings is 1. The summed E-state index contributed by atoms with van der Waals surface area (Å²) in [5.41, 5.74) is 7.32. The summed E-state index contributed by atoms with van der Waals surface area (Å²) < 4.78 is 100. The Bertz CT molecular complexity index is 4570. The number of hydrogen-bond acceptors (Lipinski definition) is 5. The molecule has 0 aliphatic carbocycles. The monoisotopic (exact) mass is 1140 g/mol. The van der Waals surface area contributed by atoms with Gasteiger partial charge in [0.1, 0.15) is 17.3 Å². The minimum atomic E-state index is -0.590. The standard InChI is InChI=1S/C65H43N7O.Pt/c1-43-30-34-47(35-31-43)63-67-64(48-36-32-44(2)33-37-48)69-65(68-63)55-40-54-53-23-9-10-26-56(53)72(61-29-13-14-38-66-61)59(54)41-60(55)73-50-22-15-21-49(39-50)70-42-71(58-28-12-11-27-57(58)70)62-51(45-17-5-3-6-18-45)24-16-25-52(62)46-19-7-4-8-20-46;/h3-38,40H,1-2H3;/q;+2/i3D,4D,5D,6D,7D,8D,17D,18D,19D,20D;. The average molecular weight is 1140 g/mol. The first-order valence-electron chi connectivity index (χ1n) is 28.4. The van der Waals surface area contributed by atoms with Gasteiger partial charge in [0.15, 0.2) is 11.6 Å². The van der Waals surface area contributed by atoms with Crippen molar-refractivity contribution in [1.82, 2.24) is 33.7 Å². The smallest absolute Gasteiger partial charge is 0.508 e. The Labute approximate surface area is 456 Å². The molecule has 4 heterocycles. The molecule has 1 aliphatic rings. The Kier molecular flexibility index (Phi) is 9.41. The molecule has 0 fully saturated rings. The maximum atomic E-state index is 9.13. The van der Waals surface area contributed by atoms with Gasteiger partial charge in [0.25, 0.3) is 11.4 Å². The van der Waals surface area contributed by atoms with E-state index in [9.17, 15) is 0 Å². The number of ether oxygens (including phenoxy) is 1. The number of aromatic nitrogens is 5. The molecule has 74 heavy (non-hydrogen) atoms. The summed E-state index contributed by atoms with van der Waals surface area (Å²) in [6, 6.07) is 54.2. The van der Waals surface area contributed by atoms with Crippen molar-refractivity contribution in [2.45, 2.75) is 13.8 Å². The van der Waals surface area contributed by atoms with Crippen molar-refractivity contribution in [1.29, 1.82) is 0 Å². The van der Waals surface area contributed by atoms with Crippen LogP contribution >= 0.6 is 0 Å². The number of para-hydroxylation sites is 4. The Morgan fingerprint density at radius 3 is 1.74 bits per heavy atom. The van der Waals surface area contributed by atoms with Crippen molar-refractivity contribution in [3.8, 4) is 73.7 Å². The van der Waals surface area contributed by atoms with Crippen LogP contribution in [0, 0.1) is 26.0 Å². The molecule has 3 aromatic heterocycles. The van der Waals surface area contributed by atoms with Crippen LogP contribution in [0.2, 0.25) is 0 Å². The van der Waals surface area contributed by atoms with Gasteiger partial charge in [0.2, 0.25) is 5.69 Å². The molecule has 0 bridgehead atoms. The number of benzene rings is 9. The van der Waals surface area contributed by atoms with Crippen LogP contribution in [0.3, 0.4) is 0 Å². The number of rotatable bonds is 10. The van der Waals surface area contributed by atoms with Gasteiger partial charge >= 0.3 is 27.1 Å². The van der Waals surface area contributed by atoms with Gasteiger partial charge in [-0.3, -0.25) is 0 Å². The predicted octanol–water partition coefficient (Wildman–Crippen LogP) is 15.6. The molecule has 13 rings (SSSR count). The largest absolute Gasteiger partial charge is 2.00 e. The summed E-state index contributed by atoms with van der Waals surface area (Å²) >= 11 is 0. The zero-order chi connectivity index (χ0) is 57.5. The molecule has 0 saturated carbocycles. The molecule has 12 aromatic rings. The Balaban J connectivity index is 0.00000694. The normalized spacial score (nSPS) is 13.6. The molecule has 0 saturated heterocycles. The summed E-state index contributed by atoms with van der Waals surface area (Å²) in [5, 5.41) is 1.77. The molecule has 0 radical (unpaired) electrons. The first kappa shape index (κ1) is 35.8. The van der Waals surface area contributed by atoms with Crippen molar-refractivity contribution in [2.75, 3.05) is 0 Å². The van der Waals surface area contributed by atoms with Crippen molar-refractivity contribution in [3.05, 3.63) is 248 Å². The first-order valence-corrected chi connectivity index (χ1v) is 23.4. The average Bonchev–Trinajstić information content (AvgIpc) is 1.65. The number of aryl methyl sites for hydroxylation is 2. The van der Waals surface area contributed by atoms with E-state index in [0.29, 0.717) is 51.4 Å². The summed E-state index contributed by atoms with van der Waals surface area (Å²) in [5.74, 6) is 2.40. The van der Waals surface area contributed by atoms with E-state index in [1.165, 1.54) is 0 Å². The fraction of sp³-hybridized carbons (Fsp3) is 0.0308. The molecule has 0 unspecified atom stereocenters. The van der Waals surface area contributed by atoms with E-state index in [-0.39, 0.29) is 60.5 Å². The second-order valence-electron chi connectivity index (χ2n) is 17.3. The van der Waals surface area contributed by atoms with Gasteiger partial charge in [-0.1, -0.05) is 185 Å². The van der Waals surface area contributed by atoms with E-state index in [0.717, 1.165) is 38.5 Å². The Hall–Kier alpha value is -9.19. The van der Waals surface area contributed by atoms with Crippen molar-refractivity contribution < 1.29 is 39.5 Å². The van der Waals surface area contributed by atoms with Crippen LogP contribution in [0.25, 0.3) is 84.0 Å². The maximum Gasteiger partial charge on any atom is 2.00 e. The molecule has 0 spiro atoms. The molecule has 9 aromatic carbocycles. The van der Waals surface area contributed by atoms with Crippen LogP contribution in [-0.2, 0) is 21.1 Å². The number of hydrogen-bond donors (Lipinski definition) is 0. The van der Waals surface area contributed by atoms with Crippen molar-refractivity contribution in [2.24, 2.45) is 0 Å². The zero-order valence-electron chi connectivity index (χ0n) is 49.4. The Morgan fingerprint density at radius 1 is 0.527 bits per heavy atom. The zero-order valence-corrected chi connectivity index (χ0v) is 41.7. The van der Waals surface area contributed by atoms with E-state index < -0.39 is 60.4 Å². The van der Waals surface area contributed by atoms with Gasteiger partial charge in [0, 0.05) is 46.5 Å². The number of fused-ring (bicyclic) bond motifs is 4. The van der Waals surface area contributed by atoms with Gasteiger partial charge in [-0.05, 0) is 70.8 Å². The third-order valence-electron chi connectivity index (χ3n) is 12.6. The van der Waals surface area contributed by atoms with Crippen LogP contribution in [0.15, 0.2) is 224 Å². The summed E-state index contributed by atoms with van der Waals surface area (Å²) in [7, 11) is 0. The molecule has 9 heteroatoms. The third kappa shape index (κ3) is 8.42. The molecule has 352 valence electrons. The molecular formula is C65H43N7OPt+2. The molecule has 0 N–H and O–H groups in total. The Morgan fingerprint density at radius 2 is 1.11 bits per heavy atom. The van der Waals surface area contributed by atoms with Crippen LogP contribution in [0.5, 0.6) is 11.5 Å².